The Kier molecular flexibility index (Phi) is 4.06. The molecule has 0 aliphatic heterocycles. The highest BCUT2D eigenvalue weighted by Crippen LogP contribution is 2.15. The van der Waals surface area contributed by atoms with E-state index < -0.39 is 6.10 Å². The lowest BCUT2D eigenvalue weighted by molar-refractivity contribution is 0.168. The van der Waals surface area contributed by atoms with Crippen LogP contribution >= 0.6 is 11.6 Å². The van der Waals surface area contributed by atoms with E-state index in [0.717, 1.165) is 0 Å². The summed E-state index contributed by atoms with van der Waals surface area (Å²) >= 11 is 5.80. The molecule has 0 spiro atoms. The second-order valence-corrected chi connectivity index (χ2v) is 3.41. The van der Waals surface area contributed by atoms with Gasteiger partial charge in [-0.05, 0) is 6.92 Å². The lowest BCUT2D eigenvalue weighted by atomic mass is 10.2. The molecule has 0 saturated carbocycles. The van der Waals surface area contributed by atoms with E-state index in [9.17, 15) is 0 Å². The van der Waals surface area contributed by atoms with Crippen LogP contribution in [0.15, 0.2) is 12.5 Å². The second kappa shape index (κ2) is 5.09. The standard InChI is InChI=1S/C8H13ClN4O/c1-5(14)7(10)3-12-8-6(9)2-11-4-13-8/h2,4-5,7,14H,3,10H2,1H3,(H,11,12,13). The van der Waals surface area contributed by atoms with Crippen LogP contribution in [0.5, 0.6) is 0 Å². The molecule has 0 aliphatic carbocycles. The van der Waals surface area contributed by atoms with Crippen molar-refractivity contribution < 1.29 is 5.11 Å². The predicted octanol–water partition coefficient (Wildman–Crippen LogP) is 0.250. The molecule has 0 amide bonds. The Morgan fingerprint density at radius 2 is 2.43 bits per heavy atom. The Balaban J connectivity index is 2.50. The molecule has 0 saturated heterocycles. The third-order valence-corrected chi connectivity index (χ3v) is 2.07. The van der Waals surface area contributed by atoms with E-state index in [1.807, 2.05) is 0 Å². The van der Waals surface area contributed by atoms with E-state index in [4.69, 9.17) is 22.4 Å². The van der Waals surface area contributed by atoms with E-state index in [1.165, 1.54) is 12.5 Å². The van der Waals surface area contributed by atoms with Crippen molar-refractivity contribution in [1.82, 2.24) is 9.97 Å². The zero-order chi connectivity index (χ0) is 10.6. The minimum absolute atomic E-state index is 0.346. The molecule has 0 bridgehead atoms. The van der Waals surface area contributed by atoms with Gasteiger partial charge >= 0.3 is 0 Å². The average Bonchev–Trinajstić information content (AvgIpc) is 2.16. The summed E-state index contributed by atoms with van der Waals surface area (Å²) in [6.07, 6.45) is 2.32. The van der Waals surface area contributed by atoms with Crippen LogP contribution in [0.25, 0.3) is 0 Å². The highest BCUT2D eigenvalue weighted by Gasteiger charge is 2.09. The van der Waals surface area contributed by atoms with Crippen LogP contribution in [0.1, 0.15) is 6.92 Å². The molecule has 0 fully saturated rings. The summed E-state index contributed by atoms with van der Waals surface area (Å²) in [5.74, 6) is 0.526. The summed E-state index contributed by atoms with van der Waals surface area (Å²) in [5.41, 5.74) is 5.62. The van der Waals surface area contributed by atoms with E-state index in [-0.39, 0.29) is 6.04 Å². The number of rotatable bonds is 4. The van der Waals surface area contributed by atoms with Crippen LogP contribution in [0.2, 0.25) is 5.02 Å². The summed E-state index contributed by atoms with van der Waals surface area (Å²) < 4.78 is 0. The number of anilines is 1. The molecule has 78 valence electrons. The Bertz CT molecular complexity index is 294. The fraction of sp³-hybridized carbons (Fsp3) is 0.500. The van der Waals surface area contributed by atoms with E-state index in [1.54, 1.807) is 6.92 Å². The van der Waals surface area contributed by atoms with Crippen molar-refractivity contribution in [1.29, 1.82) is 0 Å². The van der Waals surface area contributed by atoms with Gasteiger partial charge in [-0.15, -0.1) is 0 Å². The van der Waals surface area contributed by atoms with Gasteiger partial charge in [-0.1, -0.05) is 11.6 Å². The fourth-order valence-electron chi connectivity index (χ4n) is 0.828. The van der Waals surface area contributed by atoms with Crippen molar-refractivity contribution in [3.63, 3.8) is 0 Å². The van der Waals surface area contributed by atoms with Crippen LogP contribution in [-0.2, 0) is 0 Å². The number of aromatic nitrogens is 2. The normalized spacial score (nSPS) is 14.9. The predicted molar refractivity (Wildman–Crippen MR) is 55.2 cm³/mol. The number of aliphatic hydroxyl groups excluding tert-OH is 1. The van der Waals surface area contributed by atoms with E-state index >= 15 is 0 Å². The SMILES string of the molecule is CC(O)C(N)CNc1ncncc1Cl. The van der Waals surface area contributed by atoms with Crippen molar-refractivity contribution >= 4 is 17.4 Å². The van der Waals surface area contributed by atoms with Crippen LogP contribution in [0.3, 0.4) is 0 Å². The molecule has 0 aliphatic rings. The topological polar surface area (TPSA) is 84.1 Å². The Labute approximate surface area is 87.3 Å². The third kappa shape index (κ3) is 3.10. The van der Waals surface area contributed by atoms with Gasteiger partial charge in [-0.25, -0.2) is 9.97 Å². The third-order valence-electron chi connectivity index (χ3n) is 1.79. The molecular formula is C8H13ClN4O. The zero-order valence-corrected chi connectivity index (χ0v) is 8.57. The lowest BCUT2D eigenvalue weighted by Gasteiger charge is -2.15. The first-order valence-corrected chi connectivity index (χ1v) is 4.62. The van der Waals surface area contributed by atoms with Gasteiger partial charge in [-0.3, -0.25) is 0 Å². The number of hydrogen-bond donors (Lipinski definition) is 3. The number of halogens is 1. The molecular weight excluding hydrogens is 204 g/mol. The number of nitrogens with zero attached hydrogens (tertiary/aromatic N) is 2. The quantitative estimate of drug-likeness (QED) is 0.672. The van der Waals surface area contributed by atoms with Crippen molar-refractivity contribution in [3.8, 4) is 0 Å². The molecule has 5 nitrogen and oxygen atoms in total. The molecule has 2 unspecified atom stereocenters. The Morgan fingerprint density at radius 1 is 1.71 bits per heavy atom. The van der Waals surface area contributed by atoms with E-state index in [2.05, 4.69) is 15.3 Å². The summed E-state index contributed by atoms with van der Waals surface area (Å²) in [4.78, 5) is 7.66. The molecule has 1 aromatic heterocycles. The van der Waals surface area contributed by atoms with Crippen molar-refractivity contribution in [2.24, 2.45) is 5.73 Å². The second-order valence-electron chi connectivity index (χ2n) is 3.00. The van der Waals surface area contributed by atoms with Gasteiger partial charge in [0.1, 0.15) is 17.2 Å². The van der Waals surface area contributed by atoms with Gasteiger partial charge in [0.05, 0.1) is 12.3 Å². The maximum atomic E-state index is 9.14. The van der Waals surface area contributed by atoms with Gasteiger partial charge in [-0.2, -0.15) is 0 Å². The van der Waals surface area contributed by atoms with Gasteiger partial charge in [0.2, 0.25) is 0 Å². The van der Waals surface area contributed by atoms with E-state index in [0.29, 0.717) is 17.4 Å². The van der Waals surface area contributed by atoms with Crippen LogP contribution in [-0.4, -0.2) is 33.8 Å². The van der Waals surface area contributed by atoms with Crippen molar-refractivity contribution in [2.75, 3.05) is 11.9 Å². The summed E-state index contributed by atoms with van der Waals surface area (Å²) in [6, 6.07) is -0.346. The number of aliphatic hydroxyl groups is 1. The molecule has 0 radical (unpaired) electrons. The lowest BCUT2D eigenvalue weighted by Crippen LogP contribution is -2.38. The maximum Gasteiger partial charge on any atom is 0.148 e. The molecule has 1 aromatic rings. The molecule has 4 N–H and O–H groups in total. The molecule has 0 aromatic carbocycles. The molecule has 2 atom stereocenters. The number of nitrogens with one attached hydrogen (secondary N) is 1. The first-order valence-electron chi connectivity index (χ1n) is 4.24. The van der Waals surface area contributed by atoms with Gasteiger partial charge in [0.25, 0.3) is 0 Å². The Hall–Kier alpha value is -0.910. The summed E-state index contributed by atoms with van der Waals surface area (Å²) in [5, 5.41) is 12.5. The van der Waals surface area contributed by atoms with Crippen molar-refractivity contribution in [3.05, 3.63) is 17.5 Å². The van der Waals surface area contributed by atoms with Crippen molar-refractivity contribution in [2.45, 2.75) is 19.1 Å². The molecule has 1 rings (SSSR count). The highest BCUT2D eigenvalue weighted by molar-refractivity contribution is 6.32. The van der Waals surface area contributed by atoms with Crippen LogP contribution < -0.4 is 11.1 Å². The minimum atomic E-state index is -0.567. The zero-order valence-electron chi connectivity index (χ0n) is 7.81. The highest BCUT2D eigenvalue weighted by atomic mass is 35.5. The number of hydrogen-bond acceptors (Lipinski definition) is 5. The van der Waals surface area contributed by atoms with Gasteiger partial charge in [0, 0.05) is 12.6 Å². The monoisotopic (exact) mass is 216 g/mol. The average molecular weight is 217 g/mol. The molecule has 6 heteroatoms. The Morgan fingerprint density at radius 3 is 3.00 bits per heavy atom. The van der Waals surface area contributed by atoms with Gasteiger partial charge in [0.15, 0.2) is 0 Å². The molecule has 14 heavy (non-hydrogen) atoms. The molecule has 1 heterocycles. The first-order chi connectivity index (χ1) is 6.61. The maximum absolute atomic E-state index is 9.14. The summed E-state index contributed by atoms with van der Waals surface area (Å²) in [6.45, 7) is 2.04. The fourth-order valence-corrected chi connectivity index (χ4v) is 1.000. The smallest absolute Gasteiger partial charge is 0.148 e. The van der Waals surface area contributed by atoms with Gasteiger partial charge < -0.3 is 16.2 Å². The first kappa shape index (κ1) is 11.2. The largest absolute Gasteiger partial charge is 0.392 e. The van der Waals surface area contributed by atoms with Crippen LogP contribution in [0.4, 0.5) is 5.82 Å². The van der Waals surface area contributed by atoms with Crippen LogP contribution in [0, 0.1) is 0 Å². The minimum Gasteiger partial charge on any atom is -0.392 e. The summed E-state index contributed by atoms with van der Waals surface area (Å²) in [7, 11) is 0. The number of nitrogens with two attached hydrogens (primary N) is 1.